The van der Waals surface area contributed by atoms with Crippen molar-refractivity contribution in [1.82, 2.24) is 0 Å². The lowest BCUT2D eigenvalue weighted by atomic mass is 10.2. The van der Waals surface area contributed by atoms with E-state index in [0.29, 0.717) is 0 Å². The molecule has 0 radical (unpaired) electrons. The molecule has 1 aromatic carbocycles. The summed E-state index contributed by atoms with van der Waals surface area (Å²) in [6, 6.07) is 8.53. The third-order valence-corrected chi connectivity index (χ3v) is 2.22. The van der Waals surface area contributed by atoms with Crippen LogP contribution < -0.4 is 4.90 Å². The Morgan fingerprint density at radius 2 is 1.67 bits per heavy atom. The van der Waals surface area contributed by atoms with Gasteiger partial charge in [-0.2, -0.15) is 0 Å². The summed E-state index contributed by atoms with van der Waals surface area (Å²) in [7, 11) is 0. The highest BCUT2D eigenvalue weighted by molar-refractivity contribution is 5.52. The van der Waals surface area contributed by atoms with E-state index in [0.717, 1.165) is 13.1 Å². The van der Waals surface area contributed by atoms with Gasteiger partial charge in [-0.15, -0.1) is 0 Å². The monoisotopic (exact) mass is 163 g/mol. The molecule has 0 aliphatic carbocycles. The molecule has 12 heavy (non-hydrogen) atoms. The Kier molecular flexibility index (Phi) is 3.15. The Balaban J connectivity index is 2.92. The number of anilines is 1. The van der Waals surface area contributed by atoms with Crippen LogP contribution in [0.4, 0.5) is 5.69 Å². The first-order chi connectivity index (χ1) is 5.79. The lowest BCUT2D eigenvalue weighted by Gasteiger charge is -2.22. The van der Waals surface area contributed by atoms with Gasteiger partial charge in [-0.25, -0.2) is 0 Å². The van der Waals surface area contributed by atoms with Gasteiger partial charge in [0.15, 0.2) is 0 Å². The molecule has 0 fully saturated rings. The third-order valence-electron chi connectivity index (χ3n) is 2.22. The molecule has 0 unspecified atom stereocenters. The Morgan fingerprint density at radius 1 is 1.08 bits per heavy atom. The molecule has 0 saturated heterocycles. The lowest BCUT2D eigenvalue weighted by Crippen LogP contribution is -2.22. The molecule has 0 atom stereocenters. The minimum Gasteiger partial charge on any atom is -0.372 e. The normalized spacial score (nSPS) is 9.92. The standard InChI is InChI=1S/C11H17N/c1-4-12(5-2)11-9-7-6-8-10(11)3/h6-9H,4-5H2,1-3H3. The van der Waals surface area contributed by atoms with E-state index in [9.17, 15) is 0 Å². The summed E-state index contributed by atoms with van der Waals surface area (Å²) in [5.41, 5.74) is 2.73. The number of aryl methyl sites for hydroxylation is 1. The van der Waals surface area contributed by atoms with Crippen LogP contribution in [0.3, 0.4) is 0 Å². The van der Waals surface area contributed by atoms with Crippen molar-refractivity contribution >= 4 is 5.69 Å². The smallest absolute Gasteiger partial charge is 0.0395 e. The molecular weight excluding hydrogens is 146 g/mol. The molecule has 0 aromatic heterocycles. The SMILES string of the molecule is CCN(CC)c1ccccc1C. The third kappa shape index (κ3) is 1.79. The van der Waals surface area contributed by atoms with Crippen molar-refractivity contribution < 1.29 is 0 Å². The Hall–Kier alpha value is -0.980. The zero-order valence-electron chi connectivity index (χ0n) is 8.17. The molecule has 0 N–H and O–H groups in total. The highest BCUT2D eigenvalue weighted by Crippen LogP contribution is 2.18. The molecule has 0 spiro atoms. The predicted molar refractivity (Wildman–Crippen MR) is 54.7 cm³/mol. The van der Waals surface area contributed by atoms with Gasteiger partial charge in [0.1, 0.15) is 0 Å². The summed E-state index contributed by atoms with van der Waals surface area (Å²) < 4.78 is 0. The summed E-state index contributed by atoms with van der Waals surface area (Å²) in [6.45, 7) is 8.71. The Bertz CT molecular complexity index is 239. The van der Waals surface area contributed by atoms with Crippen LogP contribution in [0.2, 0.25) is 0 Å². The summed E-state index contributed by atoms with van der Waals surface area (Å²) >= 11 is 0. The fraction of sp³-hybridized carbons (Fsp3) is 0.455. The van der Waals surface area contributed by atoms with Gasteiger partial charge in [-0.3, -0.25) is 0 Å². The van der Waals surface area contributed by atoms with Gasteiger partial charge >= 0.3 is 0 Å². The van der Waals surface area contributed by atoms with Gasteiger partial charge in [-0.1, -0.05) is 18.2 Å². The van der Waals surface area contributed by atoms with E-state index < -0.39 is 0 Å². The minimum absolute atomic E-state index is 1.08. The molecule has 0 aliphatic heterocycles. The zero-order valence-corrected chi connectivity index (χ0v) is 8.17. The van der Waals surface area contributed by atoms with Crippen molar-refractivity contribution in [2.45, 2.75) is 20.8 Å². The highest BCUT2D eigenvalue weighted by Gasteiger charge is 2.02. The van der Waals surface area contributed by atoms with Crippen LogP contribution in [-0.4, -0.2) is 13.1 Å². The number of benzene rings is 1. The highest BCUT2D eigenvalue weighted by atomic mass is 15.1. The van der Waals surface area contributed by atoms with Crippen LogP contribution in [0, 0.1) is 6.92 Å². The van der Waals surface area contributed by atoms with E-state index in [1.165, 1.54) is 11.3 Å². The van der Waals surface area contributed by atoms with Crippen LogP contribution in [0.1, 0.15) is 19.4 Å². The molecule has 1 heteroatoms. The number of nitrogens with zero attached hydrogens (tertiary/aromatic N) is 1. The van der Waals surface area contributed by atoms with E-state index in [1.54, 1.807) is 0 Å². The fourth-order valence-corrected chi connectivity index (χ4v) is 1.48. The van der Waals surface area contributed by atoms with Crippen molar-refractivity contribution in [3.8, 4) is 0 Å². The van der Waals surface area contributed by atoms with E-state index in [-0.39, 0.29) is 0 Å². The van der Waals surface area contributed by atoms with Crippen molar-refractivity contribution in [3.63, 3.8) is 0 Å². The second-order valence-electron chi connectivity index (χ2n) is 2.96. The Morgan fingerprint density at radius 3 is 2.17 bits per heavy atom. The van der Waals surface area contributed by atoms with E-state index >= 15 is 0 Å². The molecule has 1 aromatic rings. The summed E-state index contributed by atoms with van der Waals surface area (Å²) in [5.74, 6) is 0. The van der Waals surface area contributed by atoms with Crippen molar-refractivity contribution in [1.29, 1.82) is 0 Å². The van der Waals surface area contributed by atoms with Crippen molar-refractivity contribution in [2.75, 3.05) is 18.0 Å². The lowest BCUT2D eigenvalue weighted by molar-refractivity contribution is 0.862. The van der Waals surface area contributed by atoms with Crippen LogP contribution in [0.15, 0.2) is 24.3 Å². The molecule has 0 bridgehead atoms. The number of hydrogen-bond acceptors (Lipinski definition) is 1. The average Bonchev–Trinajstić information content (AvgIpc) is 2.10. The van der Waals surface area contributed by atoms with Crippen molar-refractivity contribution in [2.24, 2.45) is 0 Å². The van der Waals surface area contributed by atoms with Crippen LogP contribution in [0.5, 0.6) is 0 Å². The molecule has 0 heterocycles. The second-order valence-corrected chi connectivity index (χ2v) is 2.96. The zero-order chi connectivity index (χ0) is 8.97. The molecular formula is C11H17N. The quantitative estimate of drug-likeness (QED) is 0.662. The number of rotatable bonds is 3. The first-order valence-electron chi connectivity index (χ1n) is 4.60. The maximum atomic E-state index is 2.37. The van der Waals surface area contributed by atoms with Gasteiger partial charge in [0.2, 0.25) is 0 Å². The largest absolute Gasteiger partial charge is 0.372 e. The van der Waals surface area contributed by atoms with E-state index in [1.807, 2.05) is 0 Å². The number of para-hydroxylation sites is 1. The van der Waals surface area contributed by atoms with Gasteiger partial charge in [0, 0.05) is 18.8 Å². The molecule has 0 aliphatic rings. The van der Waals surface area contributed by atoms with Gasteiger partial charge in [0.25, 0.3) is 0 Å². The van der Waals surface area contributed by atoms with Gasteiger partial charge < -0.3 is 4.90 Å². The number of hydrogen-bond donors (Lipinski definition) is 0. The Labute approximate surface area is 75.0 Å². The summed E-state index contributed by atoms with van der Waals surface area (Å²) in [6.07, 6.45) is 0. The molecule has 0 saturated carbocycles. The van der Waals surface area contributed by atoms with E-state index in [2.05, 4.69) is 49.9 Å². The second kappa shape index (κ2) is 4.15. The molecule has 1 nitrogen and oxygen atoms in total. The van der Waals surface area contributed by atoms with Crippen LogP contribution in [0.25, 0.3) is 0 Å². The van der Waals surface area contributed by atoms with Gasteiger partial charge in [-0.05, 0) is 32.4 Å². The predicted octanol–water partition coefficient (Wildman–Crippen LogP) is 2.84. The van der Waals surface area contributed by atoms with Crippen LogP contribution >= 0.6 is 0 Å². The first kappa shape index (κ1) is 9.11. The molecule has 1 rings (SSSR count). The maximum Gasteiger partial charge on any atom is 0.0395 e. The summed E-state index contributed by atoms with van der Waals surface area (Å²) in [4.78, 5) is 2.37. The molecule has 0 amide bonds. The maximum absolute atomic E-state index is 2.37. The molecule has 66 valence electrons. The topological polar surface area (TPSA) is 3.24 Å². The fourth-order valence-electron chi connectivity index (χ4n) is 1.48. The van der Waals surface area contributed by atoms with Crippen molar-refractivity contribution in [3.05, 3.63) is 29.8 Å². The minimum atomic E-state index is 1.08. The average molecular weight is 163 g/mol. The first-order valence-corrected chi connectivity index (χ1v) is 4.60. The van der Waals surface area contributed by atoms with Crippen LogP contribution in [-0.2, 0) is 0 Å². The summed E-state index contributed by atoms with van der Waals surface area (Å²) in [5, 5.41) is 0. The van der Waals surface area contributed by atoms with Gasteiger partial charge in [0.05, 0.1) is 0 Å². The van der Waals surface area contributed by atoms with E-state index in [4.69, 9.17) is 0 Å².